The lowest BCUT2D eigenvalue weighted by atomic mass is 9.90. The lowest BCUT2D eigenvalue weighted by molar-refractivity contribution is 0.928. The molecule has 0 bridgehead atoms. The van der Waals surface area contributed by atoms with Crippen LogP contribution in [0.3, 0.4) is 0 Å². The van der Waals surface area contributed by atoms with Gasteiger partial charge in [-0.1, -0.05) is 176 Å². The molecule has 12 rings (SSSR count). The number of nitrogens with zero attached hydrogens (tertiary/aromatic N) is 5. The van der Waals surface area contributed by atoms with Crippen LogP contribution in [0.25, 0.3) is 106 Å². The van der Waals surface area contributed by atoms with Crippen molar-refractivity contribution in [2.75, 3.05) is 0 Å². The van der Waals surface area contributed by atoms with Crippen LogP contribution in [0.1, 0.15) is 18.7 Å². The minimum Gasteiger partial charge on any atom is -0.309 e. The Morgan fingerprint density at radius 2 is 0.935 bits per heavy atom. The second-order valence-electron chi connectivity index (χ2n) is 15.9. The maximum Gasteiger partial charge on any atom is 0.238 e. The van der Waals surface area contributed by atoms with E-state index in [1.165, 1.54) is 33.0 Å². The number of benzene rings is 8. The van der Waals surface area contributed by atoms with Gasteiger partial charge in [-0.05, 0) is 77.1 Å². The van der Waals surface area contributed by atoms with Gasteiger partial charge in [-0.3, -0.25) is 4.57 Å². The molecule has 0 unspecified atom stereocenters. The van der Waals surface area contributed by atoms with Crippen molar-refractivity contribution >= 4 is 49.2 Å². The molecule has 0 atom stereocenters. The molecular weight excluding hydrogens is 755 g/mol. The van der Waals surface area contributed by atoms with Gasteiger partial charge in [-0.25, -0.2) is 4.98 Å². The van der Waals surface area contributed by atoms with Crippen LogP contribution in [-0.2, 0) is 0 Å². The molecule has 0 amide bonds. The number of hydrogen-bond acceptors (Lipinski definition) is 3. The van der Waals surface area contributed by atoms with Crippen LogP contribution in [0, 0.1) is 0 Å². The van der Waals surface area contributed by atoms with Crippen molar-refractivity contribution in [1.29, 1.82) is 0 Å². The molecule has 0 saturated heterocycles. The van der Waals surface area contributed by atoms with E-state index in [2.05, 4.69) is 203 Å². The predicted molar refractivity (Wildman–Crippen MR) is 257 cm³/mol. The minimum atomic E-state index is 0.592. The van der Waals surface area contributed by atoms with Crippen LogP contribution in [0.2, 0.25) is 0 Å². The Labute approximate surface area is 359 Å². The average molecular weight is 794 g/mol. The third kappa shape index (κ3) is 5.97. The quantitative estimate of drug-likeness (QED) is 0.161. The number of allylic oxidation sites excluding steroid dienone is 4. The van der Waals surface area contributed by atoms with Gasteiger partial charge in [0.2, 0.25) is 5.95 Å². The van der Waals surface area contributed by atoms with Crippen molar-refractivity contribution < 1.29 is 0 Å². The van der Waals surface area contributed by atoms with Crippen molar-refractivity contribution in [2.45, 2.75) is 12.8 Å². The van der Waals surface area contributed by atoms with Gasteiger partial charge in [-0.2, -0.15) is 9.97 Å². The first-order chi connectivity index (χ1) is 30.8. The normalized spacial score (nSPS) is 12.7. The fourth-order valence-electron chi connectivity index (χ4n) is 9.35. The minimum absolute atomic E-state index is 0.592. The van der Waals surface area contributed by atoms with Crippen LogP contribution < -0.4 is 0 Å². The van der Waals surface area contributed by atoms with Gasteiger partial charge < -0.3 is 4.57 Å². The molecule has 8 aromatic carbocycles. The van der Waals surface area contributed by atoms with Crippen molar-refractivity contribution in [3.8, 4) is 56.4 Å². The van der Waals surface area contributed by atoms with Crippen molar-refractivity contribution in [1.82, 2.24) is 24.1 Å². The molecule has 0 spiro atoms. The highest BCUT2D eigenvalue weighted by Gasteiger charge is 2.23. The summed E-state index contributed by atoms with van der Waals surface area (Å²) in [7, 11) is 0. The molecule has 0 N–H and O–H groups in total. The number of hydrogen-bond donors (Lipinski definition) is 0. The summed E-state index contributed by atoms with van der Waals surface area (Å²) in [6, 6.07) is 69.5. The maximum atomic E-state index is 5.26. The second kappa shape index (κ2) is 14.8. The van der Waals surface area contributed by atoms with Crippen LogP contribution in [0.4, 0.5) is 0 Å². The van der Waals surface area contributed by atoms with Gasteiger partial charge in [-0.15, -0.1) is 0 Å². The van der Waals surface area contributed by atoms with Gasteiger partial charge in [0.15, 0.2) is 11.6 Å². The Morgan fingerprint density at radius 1 is 0.355 bits per heavy atom. The smallest absolute Gasteiger partial charge is 0.238 e. The summed E-state index contributed by atoms with van der Waals surface area (Å²) < 4.78 is 4.68. The van der Waals surface area contributed by atoms with E-state index in [4.69, 9.17) is 15.0 Å². The summed E-state index contributed by atoms with van der Waals surface area (Å²) in [5.41, 5.74) is 14.5. The van der Waals surface area contributed by atoms with Crippen molar-refractivity contribution in [3.05, 3.63) is 218 Å². The van der Waals surface area contributed by atoms with Gasteiger partial charge in [0.25, 0.3) is 0 Å². The molecule has 5 heteroatoms. The average Bonchev–Trinajstić information content (AvgIpc) is 3.86. The summed E-state index contributed by atoms with van der Waals surface area (Å²) in [5.74, 6) is 1.91. The zero-order chi connectivity index (χ0) is 41.0. The lowest BCUT2D eigenvalue weighted by Crippen LogP contribution is -2.08. The largest absolute Gasteiger partial charge is 0.309 e. The molecule has 292 valence electrons. The van der Waals surface area contributed by atoms with Crippen LogP contribution in [-0.4, -0.2) is 24.1 Å². The Kier molecular flexibility index (Phi) is 8.56. The molecule has 0 radical (unpaired) electrons. The molecule has 3 heterocycles. The Hall–Kier alpha value is -8.15. The first-order valence-corrected chi connectivity index (χ1v) is 21.3. The third-order valence-electron chi connectivity index (χ3n) is 12.2. The number of para-hydroxylation sites is 3. The third-order valence-corrected chi connectivity index (χ3v) is 12.2. The molecule has 1 aliphatic rings. The van der Waals surface area contributed by atoms with E-state index in [0.29, 0.717) is 17.6 Å². The monoisotopic (exact) mass is 793 g/mol. The molecule has 3 aromatic heterocycles. The Morgan fingerprint density at radius 3 is 1.63 bits per heavy atom. The fourth-order valence-corrected chi connectivity index (χ4v) is 9.35. The van der Waals surface area contributed by atoms with Gasteiger partial charge in [0.1, 0.15) is 0 Å². The highest BCUT2D eigenvalue weighted by molar-refractivity contribution is 6.19. The summed E-state index contributed by atoms with van der Waals surface area (Å²) in [6.45, 7) is 0. The zero-order valence-corrected chi connectivity index (χ0v) is 33.9. The first kappa shape index (κ1) is 35.8. The summed E-state index contributed by atoms with van der Waals surface area (Å²) in [5, 5.41) is 4.68. The molecule has 0 saturated carbocycles. The molecule has 1 aliphatic carbocycles. The predicted octanol–water partition coefficient (Wildman–Crippen LogP) is 14.5. The molecule has 11 aromatic rings. The fraction of sp³-hybridized carbons (Fsp3) is 0.0351. The molecule has 0 aliphatic heterocycles. The number of fused-ring (bicyclic) bond motifs is 6. The topological polar surface area (TPSA) is 48.5 Å². The van der Waals surface area contributed by atoms with E-state index in [0.717, 1.165) is 73.6 Å². The van der Waals surface area contributed by atoms with E-state index in [-0.39, 0.29) is 0 Å². The molecule has 62 heavy (non-hydrogen) atoms. The van der Waals surface area contributed by atoms with E-state index in [9.17, 15) is 0 Å². The van der Waals surface area contributed by atoms with E-state index >= 15 is 0 Å². The van der Waals surface area contributed by atoms with Crippen LogP contribution >= 0.6 is 0 Å². The molecular formula is C57H39N5. The number of aromatic nitrogens is 5. The number of rotatable bonds is 7. The highest BCUT2D eigenvalue weighted by atomic mass is 15.2. The summed E-state index contributed by atoms with van der Waals surface area (Å²) >= 11 is 0. The molecule has 5 nitrogen and oxygen atoms in total. The van der Waals surface area contributed by atoms with Gasteiger partial charge in [0.05, 0.1) is 27.8 Å². The van der Waals surface area contributed by atoms with Crippen LogP contribution in [0.15, 0.2) is 212 Å². The van der Waals surface area contributed by atoms with Crippen molar-refractivity contribution in [3.63, 3.8) is 0 Å². The summed E-state index contributed by atoms with van der Waals surface area (Å²) in [6.07, 6.45) is 8.55. The van der Waals surface area contributed by atoms with Crippen LogP contribution in [0.5, 0.6) is 0 Å². The SMILES string of the molecule is C1=CC(c2nc(-c3ccccc3)nc(-n3c4ccccc4c4cc5c6ccccc6n(-c6ccccc6-c6ccc(-c7ccccc7)c(-c7ccccc7)c6)c5cc43)n2)=CCC1. The van der Waals surface area contributed by atoms with E-state index in [1.807, 2.05) is 18.2 Å². The molecule has 0 fully saturated rings. The van der Waals surface area contributed by atoms with E-state index < -0.39 is 0 Å². The lowest BCUT2D eigenvalue weighted by Gasteiger charge is -2.17. The second-order valence-corrected chi connectivity index (χ2v) is 15.9. The van der Waals surface area contributed by atoms with Gasteiger partial charge >= 0.3 is 0 Å². The maximum absolute atomic E-state index is 5.26. The zero-order valence-electron chi connectivity index (χ0n) is 33.9. The first-order valence-electron chi connectivity index (χ1n) is 21.3. The Bertz CT molecular complexity index is 3560. The highest BCUT2D eigenvalue weighted by Crippen LogP contribution is 2.43. The Balaban J connectivity index is 1.12. The van der Waals surface area contributed by atoms with E-state index in [1.54, 1.807) is 0 Å². The standard InChI is InChI=1S/C57H39N5/c1-5-19-38(20-6-1)43-34-33-42(35-47(43)39-21-7-2-8-22-39)44-27-13-16-30-50(44)61-51-31-17-14-28-45(51)48-36-49-46-29-15-18-32-52(46)62(54(49)37-53(48)61)57-59-55(40-23-9-3-10-24-40)58-56(60-57)41-25-11-4-12-26-41/h1-3,5-11,13-37H,4,12H2. The van der Waals surface area contributed by atoms with Gasteiger partial charge in [0, 0.05) is 38.2 Å². The summed E-state index contributed by atoms with van der Waals surface area (Å²) in [4.78, 5) is 15.6. The van der Waals surface area contributed by atoms with Crippen molar-refractivity contribution in [2.24, 2.45) is 0 Å².